The molecular formula is C14H19NO2. The average molecular weight is 233 g/mol. The van der Waals surface area contributed by atoms with Gasteiger partial charge in [0.15, 0.2) is 5.78 Å². The first-order valence-corrected chi connectivity index (χ1v) is 5.96. The van der Waals surface area contributed by atoms with Crippen LogP contribution in [0.1, 0.15) is 54.9 Å². The van der Waals surface area contributed by atoms with Gasteiger partial charge in [0.2, 0.25) is 5.91 Å². The van der Waals surface area contributed by atoms with Gasteiger partial charge in [-0.1, -0.05) is 38.1 Å². The molecule has 0 radical (unpaired) electrons. The van der Waals surface area contributed by atoms with Crippen LogP contribution >= 0.6 is 0 Å². The van der Waals surface area contributed by atoms with E-state index in [9.17, 15) is 9.59 Å². The highest BCUT2D eigenvalue weighted by atomic mass is 16.1. The van der Waals surface area contributed by atoms with Gasteiger partial charge in [-0.25, -0.2) is 0 Å². The van der Waals surface area contributed by atoms with Crippen LogP contribution in [0.3, 0.4) is 0 Å². The zero-order valence-electron chi connectivity index (χ0n) is 10.4. The minimum atomic E-state index is -0.436. The quantitative estimate of drug-likeness (QED) is 0.768. The number of carbonyl (C=O) groups excluding carboxylic acids is 2. The van der Waals surface area contributed by atoms with Crippen LogP contribution in [0.2, 0.25) is 0 Å². The second-order valence-electron chi connectivity index (χ2n) is 4.32. The molecule has 1 atom stereocenters. The fraction of sp³-hybridized carbons (Fsp3) is 0.429. The molecule has 0 saturated carbocycles. The predicted molar refractivity (Wildman–Crippen MR) is 67.9 cm³/mol. The number of hydrogen-bond donors (Lipinski definition) is 1. The van der Waals surface area contributed by atoms with Crippen molar-refractivity contribution >= 4 is 11.7 Å². The van der Waals surface area contributed by atoms with Crippen molar-refractivity contribution < 1.29 is 9.59 Å². The van der Waals surface area contributed by atoms with E-state index in [2.05, 4.69) is 13.8 Å². The standard InChI is InChI=1S/C14H19NO2/c1-3-10(2)11-4-6-12(7-5-11)13(16)8-9-14(15)17/h4-7,10H,3,8-9H2,1-2H3,(H2,15,17). The second-order valence-corrected chi connectivity index (χ2v) is 4.32. The number of Topliss-reactive ketones (excluding diaryl/α,β-unsaturated/α-hetero) is 1. The minimum Gasteiger partial charge on any atom is -0.370 e. The summed E-state index contributed by atoms with van der Waals surface area (Å²) in [5.41, 5.74) is 6.90. The molecule has 0 saturated heterocycles. The molecule has 1 unspecified atom stereocenters. The number of ketones is 1. The van der Waals surface area contributed by atoms with E-state index in [0.717, 1.165) is 6.42 Å². The molecule has 3 nitrogen and oxygen atoms in total. The molecule has 0 bridgehead atoms. The predicted octanol–water partition coefficient (Wildman–Crippen LogP) is 2.65. The third-order valence-corrected chi connectivity index (χ3v) is 3.01. The summed E-state index contributed by atoms with van der Waals surface area (Å²) < 4.78 is 0. The second kappa shape index (κ2) is 6.18. The minimum absolute atomic E-state index is 0.0282. The van der Waals surface area contributed by atoms with Gasteiger partial charge in [-0.15, -0.1) is 0 Å². The molecule has 0 aliphatic heterocycles. The van der Waals surface area contributed by atoms with Crippen molar-refractivity contribution in [3.63, 3.8) is 0 Å². The Morgan fingerprint density at radius 3 is 2.24 bits per heavy atom. The van der Waals surface area contributed by atoms with E-state index in [1.54, 1.807) is 0 Å². The molecule has 3 heteroatoms. The Morgan fingerprint density at radius 2 is 1.76 bits per heavy atom. The van der Waals surface area contributed by atoms with Gasteiger partial charge in [-0.3, -0.25) is 9.59 Å². The van der Waals surface area contributed by atoms with Crippen LogP contribution in [0.15, 0.2) is 24.3 Å². The summed E-state index contributed by atoms with van der Waals surface area (Å²) in [4.78, 5) is 22.3. The van der Waals surface area contributed by atoms with Crippen molar-refractivity contribution in [2.45, 2.75) is 39.0 Å². The van der Waals surface area contributed by atoms with E-state index in [1.807, 2.05) is 24.3 Å². The normalized spacial score (nSPS) is 12.1. The fourth-order valence-electron chi connectivity index (χ4n) is 1.61. The highest BCUT2D eigenvalue weighted by Crippen LogP contribution is 2.19. The lowest BCUT2D eigenvalue weighted by Crippen LogP contribution is -2.12. The molecule has 17 heavy (non-hydrogen) atoms. The SMILES string of the molecule is CCC(C)c1ccc(C(=O)CCC(N)=O)cc1. The van der Waals surface area contributed by atoms with Crippen LogP contribution in [0.25, 0.3) is 0 Å². The maximum atomic E-state index is 11.7. The van der Waals surface area contributed by atoms with Gasteiger partial charge in [0.1, 0.15) is 0 Å². The van der Waals surface area contributed by atoms with Crippen LogP contribution in [-0.2, 0) is 4.79 Å². The Hall–Kier alpha value is -1.64. The Labute approximate surface area is 102 Å². The summed E-state index contributed by atoms with van der Waals surface area (Å²) in [7, 11) is 0. The summed E-state index contributed by atoms with van der Waals surface area (Å²) >= 11 is 0. The lowest BCUT2D eigenvalue weighted by molar-refractivity contribution is -0.118. The lowest BCUT2D eigenvalue weighted by atomic mass is 9.96. The summed E-state index contributed by atoms with van der Waals surface area (Å²) in [6.07, 6.45) is 1.39. The molecule has 0 fully saturated rings. The molecular weight excluding hydrogens is 214 g/mol. The molecule has 0 aliphatic carbocycles. The summed E-state index contributed by atoms with van der Waals surface area (Å²) in [6, 6.07) is 7.60. The number of hydrogen-bond acceptors (Lipinski definition) is 2. The Bertz CT molecular complexity index is 395. The largest absolute Gasteiger partial charge is 0.370 e. The monoisotopic (exact) mass is 233 g/mol. The maximum absolute atomic E-state index is 11.7. The summed E-state index contributed by atoms with van der Waals surface area (Å²) in [5, 5.41) is 0. The number of benzene rings is 1. The number of carbonyl (C=O) groups is 2. The topological polar surface area (TPSA) is 60.2 Å². The first-order valence-electron chi connectivity index (χ1n) is 5.96. The number of rotatable bonds is 6. The van der Waals surface area contributed by atoms with Gasteiger partial charge in [-0.2, -0.15) is 0 Å². The van der Waals surface area contributed by atoms with Crippen LogP contribution in [0.4, 0.5) is 0 Å². The number of amides is 1. The van der Waals surface area contributed by atoms with E-state index in [-0.39, 0.29) is 18.6 Å². The lowest BCUT2D eigenvalue weighted by Gasteiger charge is -2.09. The van der Waals surface area contributed by atoms with Crippen molar-refractivity contribution in [1.82, 2.24) is 0 Å². The van der Waals surface area contributed by atoms with Crippen LogP contribution in [-0.4, -0.2) is 11.7 Å². The van der Waals surface area contributed by atoms with E-state index >= 15 is 0 Å². The van der Waals surface area contributed by atoms with Crippen LogP contribution in [0, 0.1) is 0 Å². The molecule has 2 N–H and O–H groups in total. The molecule has 1 rings (SSSR count). The summed E-state index contributed by atoms with van der Waals surface area (Å²) in [5.74, 6) is 0.0406. The van der Waals surface area contributed by atoms with E-state index in [1.165, 1.54) is 5.56 Å². The van der Waals surface area contributed by atoms with Gasteiger partial charge in [0.05, 0.1) is 0 Å². The number of nitrogens with two attached hydrogens (primary N) is 1. The Kier molecular flexibility index (Phi) is 4.88. The van der Waals surface area contributed by atoms with Crippen LogP contribution < -0.4 is 5.73 Å². The van der Waals surface area contributed by atoms with Crippen molar-refractivity contribution in [2.75, 3.05) is 0 Å². The van der Waals surface area contributed by atoms with Gasteiger partial charge in [0.25, 0.3) is 0 Å². The van der Waals surface area contributed by atoms with Crippen molar-refractivity contribution in [2.24, 2.45) is 5.73 Å². The Morgan fingerprint density at radius 1 is 1.18 bits per heavy atom. The molecule has 1 amide bonds. The fourth-order valence-corrected chi connectivity index (χ4v) is 1.61. The van der Waals surface area contributed by atoms with Gasteiger partial charge in [0, 0.05) is 18.4 Å². The third kappa shape index (κ3) is 4.02. The van der Waals surface area contributed by atoms with Crippen molar-refractivity contribution in [1.29, 1.82) is 0 Å². The van der Waals surface area contributed by atoms with Gasteiger partial charge >= 0.3 is 0 Å². The molecule has 0 spiro atoms. The third-order valence-electron chi connectivity index (χ3n) is 3.01. The zero-order valence-corrected chi connectivity index (χ0v) is 10.4. The molecule has 1 aromatic carbocycles. The zero-order chi connectivity index (χ0) is 12.8. The molecule has 92 valence electrons. The maximum Gasteiger partial charge on any atom is 0.217 e. The molecule has 0 heterocycles. The van der Waals surface area contributed by atoms with Gasteiger partial charge < -0.3 is 5.73 Å². The molecule has 1 aromatic rings. The highest BCUT2D eigenvalue weighted by Gasteiger charge is 2.08. The van der Waals surface area contributed by atoms with Crippen molar-refractivity contribution in [3.05, 3.63) is 35.4 Å². The smallest absolute Gasteiger partial charge is 0.217 e. The highest BCUT2D eigenvalue weighted by molar-refractivity contribution is 5.97. The van der Waals surface area contributed by atoms with E-state index < -0.39 is 5.91 Å². The number of primary amides is 1. The van der Waals surface area contributed by atoms with Gasteiger partial charge in [-0.05, 0) is 17.9 Å². The first-order chi connectivity index (χ1) is 8.04. The average Bonchev–Trinajstić information content (AvgIpc) is 2.35. The first kappa shape index (κ1) is 13.4. The van der Waals surface area contributed by atoms with Crippen molar-refractivity contribution in [3.8, 4) is 0 Å². The van der Waals surface area contributed by atoms with E-state index in [0.29, 0.717) is 11.5 Å². The molecule has 0 aromatic heterocycles. The van der Waals surface area contributed by atoms with Crippen LogP contribution in [0.5, 0.6) is 0 Å². The molecule has 0 aliphatic rings. The summed E-state index contributed by atoms with van der Waals surface area (Å²) in [6.45, 7) is 4.29. The van der Waals surface area contributed by atoms with E-state index in [4.69, 9.17) is 5.73 Å². The Balaban J connectivity index is 2.67.